The Kier molecular flexibility index (Phi) is 5.81. The fourth-order valence-corrected chi connectivity index (χ4v) is 3.57. The molecule has 1 heterocycles. The van der Waals surface area contributed by atoms with Crippen molar-refractivity contribution in [2.75, 3.05) is 32.7 Å². The molecule has 1 fully saturated rings. The van der Waals surface area contributed by atoms with Crippen LogP contribution in [0.3, 0.4) is 0 Å². The van der Waals surface area contributed by atoms with E-state index in [4.69, 9.17) is 0 Å². The van der Waals surface area contributed by atoms with Gasteiger partial charge < -0.3 is 15.3 Å². The van der Waals surface area contributed by atoms with Gasteiger partial charge in [-0.3, -0.25) is 9.80 Å². The summed E-state index contributed by atoms with van der Waals surface area (Å²) in [6.07, 6.45) is -0.537. The minimum absolute atomic E-state index is 0.217. The number of nitrogens with zero attached hydrogens (tertiary/aromatic N) is 2. The molecule has 2 aromatic rings. The molecule has 0 radical (unpaired) electrons. The van der Waals surface area contributed by atoms with Crippen molar-refractivity contribution in [3.8, 4) is 11.5 Å². The first-order valence-corrected chi connectivity index (χ1v) is 9.13. The number of β-amino-alcohol motifs (C(OH)–C–C–N with tert-alkyl or cyclic N) is 1. The van der Waals surface area contributed by atoms with Gasteiger partial charge in [0.1, 0.15) is 11.5 Å². The monoisotopic (exact) mass is 356 g/mol. The van der Waals surface area contributed by atoms with Gasteiger partial charge in [-0.05, 0) is 48.2 Å². The number of aryl methyl sites for hydroxylation is 2. The van der Waals surface area contributed by atoms with Crippen molar-refractivity contribution in [1.82, 2.24) is 9.80 Å². The quantitative estimate of drug-likeness (QED) is 0.768. The molecule has 0 saturated carbocycles. The van der Waals surface area contributed by atoms with Crippen molar-refractivity contribution in [3.63, 3.8) is 0 Å². The molecule has 140 valence electrons. The Bertz CT molecular complexity index is 714. The summed E-state index contributed by atoms with van der Waals surface area (Å²) >= 11 is 0. The molecule has 0 bridgehead atoms. The highest BCUT2D eigenvalue weighted by molar-refractivity contribution is 5.42. The van der Waals surface area contributed by atoms with Crippen molar-refractivity contribution in [1.29, 1.82) is 0 Å². The number of phenolic OH excluding ortho intramolecular Hbond substituents is 2. The first-order valence-electron chi connectivity index (χ1n) is 9.13. The van der Waals surface area contributed by atoms with Crippen LogP contribution in [0.1, 0.15) is 28.4 Å². The molecular formula is C21H28N2O3. The standard InChI is InChI=1S/C21H28N2O3/c1-15-11-17(12-16(2)21(15)26)13-22-7-9-23(10-8-22)14-20(25)18-3-5-19(24)6-4-18/h3-6,11-12,20,24-26H,7-10,13-14H2,1-2H3. The van der Waals surface area contributed by atoms with Gasteiger partial charge in [0.25, 0.3) is 0 Å². The number of hydrogen-bond donors (Lipinski definition) is 3. The van der Waals surface area contributed by atoms with Gasteiger partial charge in [0.15, 0.2) is 0 Å². The second-order valence-corrected chi connectivity index (χ2v) is 7.26. The van der Waals surface area contributed by atoms with E-state index < -0.39 is 6.10 Å². The molecule has 0 amide bonds. The maximum Gasteiger partial charge on any atom is 0.121 e. The van der Waals surface area contributed by atoms with E-state index in [1.54, 1.807) is 24.3 Å². The molecule has 1 atom stereocenters. The van der Waals surface area contributed by atoms with E-state index in [0.29, 0.717) is 12.3 Å². The van der Waals surface area contributed by atoms with E-state index >= 15 is 0 Å². The number of aliphatic hydroxyl groups excluding tert-OH is 1. The number of aliphatic hydroxyl groups is 1. The van der Waals surface area contributed by atoms with Gasteiger partial charge in [-0.15, -0.1) is 0 Å². The van der Waals surface area contributed by atoms with Crippen LogP contribution < -0.4 is 0 Å². The van der Waals surface area contributed by atoms with E-state index in [1.807, 2.05) is 13.8 Å². The van der Waals surface area contributed by atoms with Crippen LogP contribution in [0, 0.1) is 13.8 Å². The Labute approximate surface area is 155 Å². The summed E-state index contributed by atoms with van der Waals surface area (Å²) < 4.78 is 0. The van der Waals surface area contributed by atoms with Crippen LogP contribution in [-0.2, 0) is 6.54 Å². The van der Waals surface area contributed by atoms with Crippen LogP contribution in [0.25, 0.3) is 0 Å². The summed E-state index contributed by atoms with van der Waals surface area (Å²) in [4.78, 5) is 4.69. The third kappa shape index (κ3) is 4.55. The SMILES string of the molecule is Cc1cc(CN2CCN(CC(O)c3ccc(O)cc3)CC2)cc(C)c1O. The van der Waals surface area contributed by atoms with Gasteiger partial charge in [0.2, 0.25) is 0 Å². The fraction of sp³-hybridized carbons (Fsp3) is 0.429. The fourth-order valence-electron chi connectivity index (χ4n) is 3.57. The summed E-state index contributed by atoms with van der Waals surface area (Å²) in [5, 5.41) is 29.6. The second kappa shape index (κ2) is 8.08. The van der Waals surface area contributed by atoms with Crippen molar-refractivity contribution in [2.45, 2.75) is 26.5 Å². The maximum atomic E-state index is 10.4. The number of rotatable bonds is 5. The van der Waals surface area contributed by atoms with Gasteiger partial charge in [0.05, 0.1) is 6.10 Å². The molecular weight excluding hydrogens is 328 g/mol. The molecule has 0 spiro atoms. The highest BCUT2D eigenvalue weighted by Gasteiger charge is 2.20. The maximum absolute atomic E-state index is 10.4. The van der Waals surface area contributed by atoms with E-state index in [2.05, 4.69) is 21.9 Å². The highest BCUT2D eigenvalue weighted by atomic mass is 16.3. The van der Waals surface area contributed by atoms with Crippen molar-refractivity contribution in [3.05, 3.63) is 58.7 Å². The lowest BCUT2D eigenvalue weighted by atomic mass is 10.0. The van der Waals surface area contributed by atoms with Gasteiger partial charge in [-0.1, -0.05) is 24.3 Å². The topological polar surface area (TPSA) is 67.2 Å². The number of aromatic hydroxyl groups is 2. The van der Waals surface area contributed by atoms with Crippen LogP contribution >= 0.6 is 0 Å². The van der Waals surface area contributed by atoms with Crippen molar-refractivity contribution < 1.29 is 15.3 Å². The Morgan fingerprint density at radius 3 is 2.00 bits per heavy atom. The zero-order chi connectivity index (χ0) is 18.7. The third-order valence-corrected chi connectivity index (χ3v) is 5.13. The van der Waals surface area contributed by atoms with Gasteiger partial charge in [-0.2, -0.15) is 0 Å². The molecule has 26 heavy (non-hydrogen) atoms. The molecule has 5 nitrogen and oxygen atoms in total. The van der Waals surface area contributed by atoms with Crippen LogP contribution in [0.15, 0.2) is 36.4 Å². The number of phenols is 2. The molecule has 1 aliphatic rings. The lowest BCUT2D eigenvalue weighted by Gasteiger charge is -2.35. The van der Waals surface area contributed by atoms with Crippen molar-refractivity contribution in [2.24, 2.45) is 0 Å². The number of hydrogen-bond acceptors (Lipinski definition) is 5. The Hall–Kier alpha value is -2.08. The second-order valence-electron chi connectivity index (χ2n) is 7.26. The minimum Gasteiger partial charge on any atom is -0.508 e. The summed E-state index contributed by atoms with van der Waals surface area (Å²) in [6, 6.07) is 10.9. The molecule has 2 aromatic carbocycles. The zero-order valence-electron chi connectivity index (χ0n) is 15.5. The number of benzene rings is 2. The Balaban J connectivity index is 1.50. The third-order valence-electron chi connectivity index (χ3n) is 5.13. The van der Waals surface area contributed by atoms with Crippen LogP contribution in [-0.4, -0.2) is 57.8 Å². The molecule has 3 N–H and O–H groups in total. The minimum atomic E-state index is -0.537. The largest absolute Gasteiger partial charge is 0.508 e. The molecule has 1 unspecified atom stereocenters. The average molecular weight is 356 g/mol. The average Bonchev–Trinajstić information content (AvgIpc) is 2.62. The van der Waals surface area contributed by atoms with Crippen LogP contribution in [0.2, 0.25) is 0 Å². The van der Waals surface area contributed by atoms with Gasteiger partial charge >= 0.3 is 0 Å². The normalized spacial score (nSPS) is 17.3. The first kappa shape index (κ1) is 18.7. The number of piperazine rings is 1. The van der Waals surface area contributed by atoms with E-state index in [0.717, 1.165) is 49.4 Å². The van der Waals surface area contributed by atoms with Crippen molar-refractivity contribution >= 4 is 0 Å². The molecule has 0 aromatic heterocycles. The molecule has 5 heteroatoms. The van der Waals surface area contributed by atoms with E-state index in [1.165, 1.54) is 5.56 Å². The first-order chi connectivity index (χ1) is 12.4. The smallest absolute Gasteiger partial charge is 0.121 e. The molecule has 0 aliphatic carbocycles. The van der Waals surface area contributed by atoms with Crippen LogP contribution in [0.4, 0.5) is 0 Å². The van der Waals surface area contributed by atoms with E-state index in [-0.39, 0.29) is 5.75 Å². The lowest BCUT2D eigenvalue weighted by Crippen LogP contribution is -2.47. The summed E-state index contributed by atoms with van der Waals surface area (Å²) in [5.41, 5.74) is 3.92. The molecule has 1 aliphatic heterocycles. The Morgan fingerprint density at radius 1 is 0.885 bits per heavy atom. The summed E-state index contributed by atoms with van der Waals surface area (Å²) in [6.45, 7) is 9.13. The summed E-state index contributed by atoms with van der Waals surface area (Å²) in [7, 11) is 0. The van der Waals surface area contributed by atoms with Crippen LogP contribution in [0.5, 0.6) is 11.5 Å². The zero-order valence-corrected chi connectivity index (χ0v) is 15.5. The van der Waals surface area contributed by atoms with Gasteiger partial charge in [-0.25, -0.2) is 0 Å². The van der Waals surface area contributed by atoms with Gasteiger partial charge in [0, 0.05) is 39.3 Å². The lowest BCUT2D eigenvalue weighted by molar-refractivity contribution is 0.0701. The van der Waals surface area contributed by atoms with E-state index in [9.17, 15) is 15.3 Å². The summed E-state index contributed by atoms with van der Waals surface area (Å²) in [5.74, 6) is 0.607. The molecule has 1 saturated heterocycles. The predicted octanol–water partition coefficient (Wildman–Crippen LogP) is 2.57. The highest BCUT2D eigenvalue weighted by Crippen LogP contribution is 2.24. The molecule has 3 rings (SSSR count). The Morgan fingerprint density at radius 2 is 1.42 bits per heavy atom. The predicted molar refractivity (Wildman–Crippen MR) is 102 cm³/mol.